The van der Waals surface area contributed by atoms with Crippen molar-refractivity contribution in [3.63, 3.8) is 0 Å². The Balaban J connectivity index is 1.57. The third kappa shape index (κ3) is 3.72. The molecule has 7 nitrogen and oxygen atoms in total. The van der Waals surface area contributed by atoms with Gasteiger partial charge in [0.05, 0.1) is 26.2 Å². The van der Waals surface area contributed by atoms with E-state index in [1.165, 1.54) is 17.0 Å². The van der Waals surface area contributed by atoms with E-state index in [0.717, 1.165) is 17.7 Å². The van der Waals surface area contributed by atoms with Crippen LogP contribution in [0.15, 0.2) is 12.1 Å². The second-order valence-electron chi connectivity index (χ2n) is 7.63. The summed E-state index contributed by atoms with van der Waals surface area (Å²) in [4.78, 5) is 30.6. The molecule has 1 aromatic rings. The minimum atomic E-state index is -2.78. The predicted molar refractivity (Wildman–Crippen MR) is 91.6 cm³/mol. The lowest BCUT2D eigenvalue weighted by atomic mass is 10.1. The number of hydrogen-bond acceptors (Lipinski definition) is 5. The number of ether oxygens (including phenoxy) is 1. The molecule has 2 atom stereocenters. The van der Waals surface area contributed by atoms with Crippen LogP contribution < -0.4 is 9.64 Å². The number of carbonyl (C=O) groups excluding carboxylic acids is 1. The van der Waals surface area contributed by atoms with E-state index < -0.39 is 43.1 Å². The third-order valence-electron chi connectivity index (χ3n) is 5.19. The van der Waals surface area contributed by atoms with E-state index in [2.05, 4.69) is 4.98 Å². The number of carbonyl (C=O) groups is 2. The van der Waals surface area contributed by atoms with Crippen LogP contribution in [-0.2, 0) is 4.79 Å². The van der Waals surface area contributed by atoms with Gasteiger partial charge < -0.3 is 19.6 Å². The summed E-state index contributed by atoms with van der Waals surface area (Å²) in [5.41, 5.74) is 0.268. The first-order chi connectivity index (χ1) is 13.2. The molecule has 1 N–H and O–H groups in total. The lowest BCUT2D eigenvalue weighted by molar-refractivity contribution is -0.141. The summed E-state index contributed by atoms with van der Waals surface area (Å²) < 4.78 is 45.8. The summed E-state index contributed by atoms with van der Waals surface area (Å²) in [5.74, 6) is -4.32. The van der Waals surface area contributed by atoms with Crippen LogP contribution in [0.5, 0.6) is 5.88 Å². The van der Waals surface area contributed by atoms with Crippen LogP contribution in [0.1, 0.15) is 29.8 Å². The van der Waals surface area contributed by atoms with Crippen LogP contribution >= 0.6 is 0 Å². The summed E-state index contributed by atoms with van der Waals surface area (Å²) in [6.45, 7) is -0.872. The van der Waals surface area contributed by atoms with Gasteiger partial charge in [-0.15, -0.1) is 0 Å². The zero-order chi connectivity index (χ0) is 20.1. The number of alkyl halides is 3. The Morgan fingerprint density at radius 1 is 1.29 bits per heavy atom. The number of rotatable bonds is 6. The van der Waals surface area contributed by atoms with Gasteiger partial charge in [0, 0.05) is 6.42 Å². The fraction of sp³-hybridized carbons (Fsp3) is 0.611. The Labute approximate surface area is 159 Å². The van der Waals surface area contributed by atoms with Gasteiger partial charge in [0.15, 0.2) is 0 Å². The molecule has 1 amide bonds. The van der Waals surface area contributed by atoms with E-state index in [9.17, 15) is 27.9 Å². The number of anilines is 1. The summed E-state index contributed by atoms with van der Waals surface area (Å²) >= 11 is 0. The van der Waals surface area contributed by atoms with E-state index in [0.29, 0.717) is 18.2 Å². The van der Waals surface area contributed by atoms with Crippen LogP contribution in [0.4, 0.5) is 18.9 Å². The molecule has 4 rings (SSSR count). The number of likely N-dealkylation sites (tertiary alicyclic amines) is 1. The molecule has 0 aromatic carbocycles. The van der Waals surface area contributed by atoms with Gasteiger partial charge in [-0.2, -0.15) is 0 Å². The Hall–Kier alpha value is -2.52. The number of aromatic nitrogens is 1. The van der Waals surface area contributed by atoms with Crippen molar-refractivity contribution in [2.24, 2.45) is 5.92 Å². The highest BCUT2D eigenvalue weighted by Gasteiger charge is 2.45. The molecule has 10 heteroatoms. The van der Waals surface area contributed by atoms with Gasteiger partial charge in [0.25, 0.3) is 11.8 Å². The number of halogens is 3. The zero-order valence-corrected chi connectivity index (χ0v) is 15.0. The van der Waals surface area contributed by atoms with Crippen molar-refractivity contribution >= 4 is 17.6 Å². The monoisotopic (exact) mass is 399 g/mol. The highest BCUT2D eigenvalue weighted by atomic mass is 19.3. The van der Waals surface area contributed by atoms with Crippen molar-refractivity contribution in [3.05, 3.63) is 17.8 Å². The summed E-state index contributed by atoms with van der Waals surface area (Å²) in [5, 5.41) is 9.23. The molecule has 3 aliphatic rings. The van der Waals surface area contributed by atoms with Gasteiger partial charge in [-0.05, 0) is 30.9 Å². The minimum Gasteiger partial charge on any atom is -0.480 e. The van der Waals surface area contributed by atoms with Crippen LogP contribution in [0.2, 0.25) is 0 Å². The maximum atomic E-state index is 13.7. The lowest BCUT2D eigenvalue weighted by Gasteiger charge is -2.40. The predicted octanol–water partition coefficient (Wildman–Crippen LogP) is 1.96. The van der Waals surface area contributed by atoms with Gasteiger partial charge >= 0.3 is 5.97 Å². The van der Waals surface area contributed by atoms with Gasteiger partial charge in [0.1, 0.15) is 23.6 Å². The summed E-state index contributed by atoms with van der Waals surface area (Å²) in [6.07, 6.45) is 0.342. The second-order valence-corrected chi connectivity index (χ2v) is 7.63. The normalized spacial score (nSPS) is 26.1. The molecule has 1 aromatic heterocycles. The second kappa shape index (κ2) is 6.82. The number of amides is 1. The topological polar surface area (TPSA) is 83.0 Å². The van der Waals surface area contributed by atoms with Crippen LogP contribution in [0.3, 0.4) is 0 Å². The highest BCUT2D eigenvalue weighted by Crippen LogP contribution is 2.38. The molecule has 0 spiro atoms. The number of carboxylic acids is 1. The molecule has 1 saturated carbocycles. The average Bonchev–Trinajstić information content (AvgIpc) is 3.36. The molecule has 0 radical (unpaired) electrons. The molecular weight excluding hydrogens is 379 g/mol. The Kier molecular flexibility index (Phi) is 4.59. The maximum Gasteiger partial charge on any atom is 0.326 e. The Bertz CT molecular complexity index is 794. The number of aliphatic carboxylic acids is 1. The van der Waals surface area contributed by atoms with Crippen LogP contribution in [0, 0.1) is 5.92 Å². The molecule has 0 unspecified atom stereocenters. The average molecular weight is 399 g/mol. The lowest BCUT2D eigenvalue weighted by Crippen LogP contribution is -2.56. The molecule has 0 bridgehead atoms. The van der Waals surface area contributed by atoms with Crippen molar-refractivity contribution in [2.45, 2.75) is 37.4 Å². The van der Waals surface area contributed by atoms with Crippen molar-refractivity contribution in [1.82, 2.24) is 9.88 Å². The fourth-order valence-electron chi connectivity index (χ4n) is 3.45. The van der Waals surface area contributed by atoms with Gasteiger partial charge in [0.2, 0.25) is 5.88 Å². The molecular formula is C18H20F3N3O4. The summed E-state index contributed by atoms with van der Waals surface area (Å²) in [6, 6.07) is 1.55. The molecule has 28 heavy (non-hydrogen) atoms. The molecule has 1 aliphatic carbocycles. The van der Waals surface area contributed by atoms with Gasteiger partial charge in [-0.25, -0.2) is 22.9 Å². The standard InChI is InChI=1S/C18H20F3N3O4/c19-11-5-14(17(26)27)24(6-11)16(25)12-3-4-13(23-8-18(20,21)9-23)15(22-12)28-7-10-1-2-10/h3-4,10-11,14H,1-2,5-9H2,(H,26,27)/t11-,14-/m0/s1. The van der Waals surface area contributed by atoms with E-state index >= 15 is 0 Å². The smallest absolute Gasteiger partial charge is 0.326 e. The van der Waals surface area contributed by atoms with E-state index in [1.807, 2.05) is 0 Å². The van der Waals surface area contributed by atoms with Gasteiger partial charge in [-0.1, -0.05) is 0 Å². The van der Waals surface area contributed by atoms with Crippen LogP contribution in [-0.4, -0.2) is 71.2 Å². The number of pyridine rings is 1. The van der Waals surface area contributed by atoms with Crippen molar-refractivity contribution in [2.75, 3.05) is 31.1 Å². The van der Waals surface area contributed by atoms with Crippen molar-refractivity contribution < 1.29 is 32.6 Å². The van der Waals surface area contributed by atoms with Gasteiger partial charge in [-0.3, -0.25) is 4.79 Å². The molecule has 2 saturated heterocycles. The van der Waals surface area contributed by atoms with Crippen LogP contribution in [0.25, 0.3) is 0 Å². The first-order valence-electron chi connectivity index (χ1n) is 9.18. The first kappa shape index (κ1) is 18.8. The molecule has 2 aliphatic heterocycles. The number of carboxylic acid groups (broad SMARTS) is 1. The quantitative estimate of drug-likeness (QED) is 0.788. The third-order valence-corrected chi connectivity index (χ3v) is 5.19. The zero-order valence-electron chi connectivity index (χ0n) is 15.0. The first-order valence-corrected chi connectivity index (χ1v) is 9.18. The molecule has 152 valence electrons. The number of nitrogens with zero attached hydrogens (tertiary/aromatic N) is 3. The Morgan fingerprint density at radius 2 is 2.00 bits per heavy atom. The molecule has 3 fully saturated rings. The van der Waals surface area contributed by atoms with E-state index in [1.54, 1.807) is 0 Å². The van der Waals surface area contributed by atoms with Crippen molar-refractivity contribution in [3.8, 4) is 5.88 Å². The molecule has 3 heterocycles. The van der Waals surface area contributed by atoms with Crippen molar-refractivity contribution in [1.29, 1.82) is 0 Å². The largest absolute Gasteiger partial charge is 0.480 e. The SMILES string of the molecule is O=C(O)[C@@H]1C[C@H](F)CN1C(=O)c1ccc(N2CC(F)(F)C2)c(OCC2CC2)n1. The number of hydrogen-bond donors (Lipinski definition) is 1. The minimum absolute atomic E-state index is 0.0659. The fourth-order valence-corrected chi connectivity index (χ4v) is 3.45. The van der Waals surface area contributed by atoms with E-state index in [-0.39, 0.29) is 24.5 Å². The highest BCUT2D eigenvalue weighted by molar-refractivity contribution is 5.96. The van der Waals surface area contributed by atoms with E-state index in [4.69, 9.17) is 4.74 Å². The summed E-state index contributed by atoms with van der Waals surface area (Å²) in [7, 11) is 0. The Morgan fingerprint density at radius 3 is 2.61 bits per heavy atom. The maximum absolute atomic E-state index is 13.7.